The number of ether oxygens (including phenoxy) is 2. The highest BCUT2D eigenvalue weighted by Gasteiger charge is 2.27. The van der Waals surface area contributed by atoms with Gasteiger partial charge in [0.1, 0.15) is 10.8 Å². The lowest BCUT2D eigenvalue weighted by molar-refractivity contribution is -0.113. The van der Waals surface area contributed by atoms with E-state index in [2.05, 4.69) is 15.5 Å². The molecule has 0 saturated heterocycles. The van der Waals surface area contributed by atoms with Crippen LogP contribution >= 0.6 is 34.7 Å². The van der Waals surface area contributed by atoms with Crippen molar-refractivity contribution in [3.8, 4) is 5.75 Å². The van der Waals surface area contributed by atoms with Crippen molar-refractivity contribution in [3.05, 3.63) is 50.6 Å². The van der Waals surface area contributed by atoms with Crippen LogP contribution in [0.4, 0.5) is 5.00 Å². The molecule has 1 unspecified atom stereocenters. The van der Waals surface area contributed by atoms with Crippen molar-refractivity contribution < 1.29 is 19.1 Å². The van der Waals surface area contributed by atoms with Gasteiger partial charge in [-0.2, -0.15) is 0 Å². The van der Waals surface area contributed by atoms with E-state index in [1.807, 2.05) is 37.6 Å². The first-order chi connectivity index (χ1) is 16.8. The van der Waals surface area contributed by atoms with Gasteiger partial charge in [0.2, 0.25) is 5.91 Å². The summed E-state index contributed by atoms with van der Waals surface area (Å²) in [6.07, 6.45) is 3.53. The first-order valence-electron chi connectivity index (χ1n) is 11.3. The number of aryl methyl sites for hydroxylation is 2. The van der Waals surface area contributed by atoms with Crippen LogP contribution in [0.1, 0.15) is 58.1 Å². The van der Waals surface area contributed by atoms with Gasteiger partial charge in [0.05, 0.1) is 18.4 Å². The molecule has 1 amide bonds. The minimum absolute atomic E-state index is 0.126. The quantitative estimate of drug-likeness (QED) is 0.306. The van der Waals surface area contributed by atoms with E-state index in [0.717, 1.165) is 41.7 Å². The molecule has 11 heteroatoms. The molecule has 8 nitrogen and oxygen atoms in total. The lowest BCUT2D eigenvalue weighted by Crippen LogP contribution is -2.17. The Labute approximate surface area is 217 Å². The van der Waals surface area contributed by atoms with Crippen molar-refractivity contribution in [2.45, 2.75) is 50.8 Å². The maximum Gasteiger partial charge on any atom is 0.341 e. The summed E-state index contributed by atoms with van der Waals surface area (Å²) in [5, 5.41) is 13.2. The molecule has 186 valence electrons. The van der Waals surface area contributed by atoms with E-state index < -0.39 is 5.97 Å². The van der Waals surface area contributed by atoms with Crippen LogP contribution in [-0.4, -0.2) is 39.5 Å². The number of hydrogen-bond donors (Lipinski definition) is 1. The van der Waals surface area contributed by atoms with Gasteiger partial charge in [-0.15, -0.1) is 21.5 Å². The van der Waals surface area contributed by atoms with Crippen molar-refractivity contribution >= 4 is 51.6 Å². The zero-order valence-electron chi connectivity index (χ0n) is 20.0. The lowest BCUT2D eigenvalue weighted by Gasteiger charge is -2.15. The first-order valence-corrected chi connectivity index (χ1v) is 13.4. The van der Waals surface area contributed by atoms with Gasteiger partial charge in [-0.3, -0.25) is 4.79 Å². The molecule has 1 atom stereocenters. The third-order valence-corrected chi connectivity index (χ3v) is 8.47. The van der Waals surface area contributed by atoms with Gasteiger partial charge in [0.15, 0.2) is 17.1 Å². The Hall–Kier alpha value is -2.56. The van der Waals surface area contributed by atoms with Crippen LogP contribution in [0.25, 0.3) is 0 Å². The highest BCUT2D eigenvalue weighted by Crippen LogP contribution is 2.38. The number of thiophene rings is 1. The number of halogens is 1. The average molecular weight is 535 g/mol. The number of amides is 1. The SMILES string of the molecule is COC(=O)c1c(NC(=O)CSc2nnc(C(C)Oc3ccc(Cl)c(C)c3)n2C)sc2c1CCCC2. The molecular weight excluding hydrogens is 508 g/mol. The number of thioether (sulfide) groups is 1. The largest absolute Gasteiger partial charge is 0.483 e. The van der Waals surface area contributed by atoms with E-state index in [1.54, 1.807) is 6.07 Å². The molecule has 0 saturated carbocycles. The predicted molar refractivity (Wildman–Crippen MR) is 138 cm³/mol. The summed E-state index contributed by atoms with van der Waals surface area (Å²) in [4.78, 5) is 26.3. The van der Waals surface area contributed by atoms with Crippen molar-refractivity contribution in [2.75, 3.05) is 18.2 Å². The summed E-state index contributed by atoms with van der Waals surface area (Å²) < 4.78 is 12.8. The number of fused-ring (bicyclic) bond motifs is 1. The second-order valence-corrected chi connectivity index (χ2v) is 10.8. The van der Waals surface area contributed by atoms with Crippen molar-refractivity contribution in [2.24, 2.45) is 7.05 Å². The number of anilines is 1. The third kappa shape index (κ3) is 5.65. The average Bonchev–Trinajstić information content (AvgIpc) is 3.39. The molecule has 0 spiro atoms. The predicted octanol–water partition coefficient (Wildman–Crippen LogP) is 5.37. The minimum Gasteiger partial charge on any atom is -0.483 e. The van der Waals surface area contributed by atoms with Crippen molar-refractivity contribution in [1.82, 2.24) is 14.8 Å². The molecule has 0 fully saturated rings. The molecule has 1 aromatic carbocycles. The van der Waals surface area contributed by atoms with Crippen LogP contribution in [0.2, 0.25) is 5.02 Å². The van der Waals surface area contributed by atoms with Crippen LogP contribution in [0.15, 0.2) is 23.4 Å². The number of aromatic nitrogens is 3. The highest BCUT2D eigenvalue weighted by atomic mass is 35.5. The van der Waals surface area contributed by atoms with E-state index in [9.17, 15) is 9.59 Å². The van der Waals surface area contributed by atoms with Crippen molar-refractivity contribution in [3.63, 3.8) is 0 Å². The maximum absolute atomic E-state index is 12.7. The van der Waals surface area contributed by atoms with Crippen LogP contribution < -0.4 is 10.1 Å². The Kier molecular flexibility index (Phi) is 8.03. The van der Waals surface area contributed by atoms with E-state index in [4.69, 9.17) is 21.1 Å². The van der Waals surface area contributed by atoms with Gasteiger partial charge in [-0.05, 0) is 68.9 Å². The Morgan fingerprint density at radius 2 is 2.06 bits per heavy atom. The van der Waals surface area contributed by atoms with Gasteiger partial charge >= 0.3 is 5.97 Å². The second kappa shape index (κ2) is 11.0. The fourth-order valence-corrected chi connectivity index (χ4v) is 6.15. The standard InChI is InChI=1S/C24H27ClN4O4S2/c1-13-11-15(9-10-17(13)25)33-14(2)21-27-28-24(29(21)3)34-12-19(30)26-22-20(23(31)32-4)16-7-5-6-8-18(16)35-22/h9-11,14H,5-8,12H2,1-4H3,(H,26,30). The molecule has 0 radical (unpaired) electrons. The number of methoxy groups -OCH3 is 1. The van der Waals surface area contributed by atoms with Crippen LogP contribution in [-0.2, 0) is 29.4 Å². The van der Waals surface area contributed by atoms with Crippen LogP contribution in [0.5, 0.6) is 5.75 Å². The van der Waals surface area contributed by atoms with Gasteiger partial charge < -0.3 is 19.4 Å². The summed E-state index contributed by atoms with van der Waals surface area (Å²) in [5.74, 6) is 0.829. The normalized spacial score (nSPS) is 13.7. The second-order valence-electron chi connectivity index (χ2n) is 8.31. The molecule has 0 bridgehead atoms. The number of rotatable bonds is 8. The summed E-state index contributed by atoms with van der Waals surface area (Å²) in [5.41, 5.74) is 2.44. The minimum atomic E-state index is -0.407. The molecule has 4 rings (SSSR count). The number of carbonyl (C=O) groups is 2. The molecule has 2 aromatic heterocycles. The topological polar surface area (TPSA) is 95.3 Å². The monoisotopic (exact) mass is 534 g/mol. The lowest BCUT2D eigenvalue weighted by atomic mass is 9.95. The maximum atomic E-state index is 12.7. The zero-order valence-corrected chi connectivity index (χ0v) is 22.4. The molecule has 1 aliphatic rings. The third-order valence-electron chi connectivity index (χ3n) is 5.82. The summed E-state index contributed by atoms with van der Waals surface area (Å²) in [7, 11) is 3.20. The summed E-state index contributed by atoms with van der Waals surface area (Å²) >= 11 is 8.83. The fraction of sp³-hybridized carbons (Fsp3) is 0.417. The molecule has 0 aliphatic heterocycles. The molecular formula is C24H27ClN4O4S2. The number of benzene rings is 1. The van der Waals surface area contributed by atoms with Gasteiger partial charge in [-0.25, -0.2) is 4.79 Å². The van der Waals surface area contributed by atoms with Gasteiger partial charge in [0.25, 0.3) is 0 Å². The Bertz CT molecular complexity index is 1260. The molecule has 2 heterocycles. The van der Waals surface area contributed by atoms with E-state index in [1.165, 1.54) is 30.2 Å². The van der Waals surface area contributed by atoms with Crippen LogP contribution in [0, 0.1) is 6.92 Å². The van der Waals surface area contributed by atoms with Crippen LogP contribution in [0.3, 0.4) is 0 Å². The number of carbonyl (C=O) groups excluding carboxylic acids is 2. The summed E-state index contributed by atoms with van der Waals surface area (Å²) in [6, 6.07) is 5.48. The number of esters is 1. The number of hydrogen-bond acceptors (Lipinski definition) is 8. The van der Waals surface area contributed by atoms with E-state index in [-0.39, 0.29) is 17.8 Å². The first kappa shape index (κ1) is 25.5. The molecule has 1 N–H and O–H groups in total. The Morgan fingerprint density at radius 1 is 1.29 bits per heavy atom. The smallest absolute Gasteiger partial charge is 0.341 e. The van der Waals surface area contributed by atoms with Gasteiger partial charge in [-0.1, -0.05) is 23.4 Å². The molecule has 1 aliphatic carbocycles. The molecule has 3 aromatic rings. The Balaban J connectivity index is 1.40. The number of nitrogens with one attached hydrogen (secondary N) is 1. The summed E-state index contributed by atoms with van der Waals surface area (Å²) in [6.45, 7) is 3.81. The van der Waals surface area contributed by atoms with Gasteiger partial charge in [0, 0.05) is 16.9 Å². The Morgan fingerprint density at radius 3 is 2.80 bits per heavy atom. The highest BCUT2D eigenvalue weighted by molar-refractivity contribution is 7.99. The number of nitrogens with zero attached hydrogens (tertiary/aromatic N) is 3. The zero-order chi connectivity index (χ0) is 25.1. The molecule has 35 heavy (non-hydrogen) atoms. The van der Waals surface area contributed by atoms with Crippen molar-refractivity contribution in [1.29, 1.82) is 0 Å². The van der Waals surface area contributed by atoms with E-state index in [0.29, 0.717) is 32.3 Å². The fourth-order valence-electron chi connectivity index (χ4n) is 4.02. The van der Waals surface area contributed by atoms with E-state index >= 15 is 0 Å².